The third-order valence-electron chi connectivity index (χ3n) is 4.26. The summed E-state index contributed by atoms with van der Waals surface area (Å²) < 4.78 is 26.5. The molecule has 7 nitrogen and oxygen atoms in total. The molecule has 2 N–H and O–H groups in total. The topological polar surface area (TPSA) is 95.6 Å². The lowest BCUT2D eigenvalue weighted by molar-refractivity contribution is -0.114. The number of anilines is 2. The highest BCUT2D eigenvalue weighted by Gasteiger charge is 2.27. The minimum Gasteiger partial charge on any atom is -0.326 e. The van der Waals surface area contributed by atoms with Crippen LogP contribution in [-0.2, 0) is 14.8 Å². The number of hydrogen-bond donors (Lipinski definition) is 2. The highest BCUT2D eigenvalue weighted by atomic mass is 32.2. The SMILES string of the molecule is CC(=O)Nc1cccc(NC(=O)c2ccc(S(=O)(=O)N3CCCC3)cc2)c1. The Labute approximate surface area is 158 Å². The zero-order chi connectivity index (χ0) is 19.4. The number of sulfonamides is 1. The van der Waals surface area contributed by atoms with Crippen LogP contribution < -0.4 is 10.6 Å². The van der Waals surface area contributed by atoms with Gasteiger partial charge in [-0.15, -0.1) is 0 Å². The predicted octanol–water partition coefficient (Wildman–Crippen LogP) is 2.68. The molecule has 0 unspecified atom stereocenters. The molecule has 3 rings (SSSR count). The van der Waals surface area contributed by atoms with Crippen LogP contribution in [0.2, 0.25) is 0 Å². The quantitative estimate of drug-likeness (QED) is 0.824. The van der Waals surface area contributed by atoms with Gasteiger partial charge in [0.1, 0.15) is 0 Å². The summed E-state index contributed by atoms with van der Waals surface area (Å²) in [5, 5.41) is 5.38. The molecule has 27 heavy (non-hydrogen) atoms. The van der Waals surface area contributed by atoms with Crippen LogP contribution in [0.5, 0.6) is 0 Å². The molecular formula is C19H21N3O4S. The van der Waals surface area contributed by atoms with E-state index in [0.29, 0.717) is 30.0 Å². The minimum atomic E-state index is -3.50. The first-order valence-corrected chi connectivity index (χ1v) is 10.1. The Morgan fingerprint density at radius 1 is 0.926 bits per heavy atom. The van der Waals surface area contributed by atoms with Gasteiger partial charge in [0.05, 0.1) is 4.90 Å². The molecule has 0 radical (unpaired) electrons. The van der Waals surface area contributed by atoms with Crippen molar-refractivity contribution in [2.45, 2.75) is 24.7 Å². The van der Waals surface area contributed by atoms with Gasteiger partial charge < -0.3 is 10.6 Å². The smallest absolute Gasteiger partial charge is 0.255 e. The number of carbonyl (C=O) groups is 2. The molecule has 0 atom stereocenters. The van der Waals surface area contributed by atoms with Crippen molar-refractivity contribution in [1.82, 2.24) is 4.31 Å². The molecule has 2 aromatic carbocycles. The van der Waals surface area contributed by atoms with E-state index in [2.05, 4.69) is 10.6 Å². The second-order valence-corrected chi connectivity index (χ2v) is 8.29. The van der Waals surface area contributed by atoms with Gasteiger partial charge in [0.15, 0.2) is 0 Å². The van der Waals surface area contributed by atoms with Crippen molar-refractivity contribution >= 4 is 33.2 Å². The summed E-state index contributed by atoms with van der Waals surface area (Å²) in [7, 11) is -3.50. The molecule has 1 aliphatic rings. The average Bonchev–Trinajstić information content (AvgIpc) is 3.17. The van der Waals surface area contributed by atoms with Gasteiger partial charge in [-0.1, -0.05) is 6.07 Å². The first kappa shape index (κ1) is 19.1. The molecule has 1 aliphatic heterocycles. The summed E-state index contributed by atoms with van der Waals surface area (Å²) in [5.74, 6) is -0.562. The van der Waals surface area contributed by atoms with E-state index in [4.69, 9.17) is 0 Å². The van der Waals surface area contributed by atoms with Gasteiger partial charge >= 0.3 is 0 Å². The van der Waals surface area contributed by atoms with Crippen molar-refractivity contribution < 1.29 is 18.0 Å². The Hall–Kier alpha value is -2.71. The fourth-order valence-electron chi connectivity index (χ4n) is 2.94. The molecule has 0 aliphatic carbocycles. The van der Waals surface area contributed by atoms with Crippen LogP contribution in [-0.4, -0.2) is 37.6 Å². The minimum absolute atomic E-state index is 0.189. The van der Waals surface area contributed by atoms with Crippen molar-refractivity contribution in [3.63, 3.8) is 0 Å². The van der Waals surface area contributed by atoms with Crippen molar-refractivity contribution in [2.24, 2.45) is 0 Å². The van der Waals surface area contributed by atoms with E-state index in [1.807, 2.05) is 0 Å². The fraction of sp³-hybridized carbons (Fsp3) is 0.263. The normalized spacial score (nSPS) is 14.7. The van der Waals surface area contributed by atoms with Crippen LogP contribution >= 0.6 is 0 Å². The third-order valence-corrected chi connectivity index (χ3v) is 6.17. The van der Waals surface area contributed by atoms with Crippen molar-refractivity contribution in [1.29, 1.82) is 0 Å². The molecule has 142 valence electrons. The maximum Gasteiger partial charge on any atom is 0.255 e. The van der Waals surface area contributed by atoms with Gasteiger partial charge in [0.2, 0.25) is 15.9 Å². The number of carbonyl (C=O) groups excluding carboxylic acids is 2. The molecule has 1 fully saturated rings. The molecular weight excluding hydrogens is 366 g/mol. The van der Waals surface area contributed by atoms with Gasteiger partial charge in [0, 0.05) is 37.0 Å². The molecule has 0 saturated carbocycles. The van der Waals surface area contributed by atoms with Crippen molar-refractivity contribution in [2.75, 3.05) is 23.7 Å². The van der Waals surface area contributed by atoms with Crippen LogP contribution in [0, 0.1) is 0 Å². The van der Waals surface area contributed by atoms with Crippen molar-refractivity contribution in [3.8, 4) is 0 Å². The Morgan fingerprint density at radius 3 is 2.11 bits per heavy atom. The predicted molar refractivity (Wildman–Crippen MR) is 103 cm³/mol. The Kier molecular flexibility index (Phi) is 5.57. The Bertz CT molecular complexity index is 949. The van der Waals surface area contributed by atoms with E-state index < -0.39 is 10.0 Å². The number of benzene rings is 2. The van der Waals surface area contributed by atoms with Gasteiger partial charge in [0.25, 0.3) is 5.91 Å². The van der Waals surface area contributed by atoms with Crippen LogP contribution in [0.15, 0.2) is 53.4 Å². The van der Waals surface area contributed by atoms with E-state index in [9.17, 15) is 18.0 Å². The van der Waals surface area contributed by atoms with Gasteiger partial charge in [-0.05, 0) is 55.3 Å². The summed E-state index contributed by atoms with van der Waals surface area (Å²) in [4.78, 5) is 23.7. The Morgan fingerprint density at radius 2 is 1.52 bits per heavy atom. The van der Waals surface area contributed by atoms with E-state index in [1.165, 1.54) is 35.5 Å². The molecule has 1 heterocycles. The highest BCUT2D eigenvalue weighted by molar-refractivity contribution is 7.89. The first-order valence-electron chi connectivity index (χ1n) is 8.65. The van der Waals surface area contributed by atoms with Gasteiger partial charge in [-0.3, -0.25) is 9.59 Å². The number of nitrogens with one attached hydrogen (secondary N) is 2. The van der Waals surface area contributed by atoms with Crippen LogP contribution in [0.3, 0.4) is 0 Å². The summed E-state index contributed by atoms with van der Waals surface area (Å²) in [5.41, 5.74) is 1.45. The number of amides is 2. The number of rotatable bonds is 5. The largest absolute Gasteiger partial charge is 0.326 e. The maximum absolute atomic E-state index is 12.5. The highest BCUT2D eigenvalue weighted by Crippen LogP contribution is 2.22. The number of hydrogen-bond acceptors (Lipinski definition) is 4. The zero-order valence-corrected chi connectivity index (χ0v) is 15.8. The standard InChI is InChI=1S/C19H21N3O4S/c1-14(23)20-16-5-4-6-17(13-16)21-19(24)15-7-9-18(10-8-15)27(25,26)22-11-2-3-12-22/h4-10,13H,2-3,11-12H2,1H3,(H,20,23)(H,21,24). The van der Waals surface area contributed by atoms with Crippen LogP contribution in [0.4, 0.5) is 11.4 Å². The fourth-order valence-corrected chi connectivity index (χ4v) is 4.45. The van der Waals surface area contributed by atoms with E-state index >= 15 is 0 Å². The third kappa shape index (κ3) is 4.53. The molecule has 0 bridgehead atoms. The molecule has 8 heteroatoms. The monoisotopic (exact) mass is 387 g/mol. The van der Waals surface area contributed by atoms with E-state index in [-0.39, 0.29) is 16.7 Å². The summed E-state index contributed by atoms with van der Waals surface area (Å²) >= 11 is 0. The second-order valence-electron chi connectivity index (χ2n) is 6.35. The Balaban J connectivity index is 1.72. The lowest BCUT2D eigenvalue weighted by Gasteiger charge is -2.15. The molecule has 0 spiro atoms. The number of nitrogens with zero attached hydrogens (tertiary/aromatic N) is 1. The second kappa shape index (κ2) is 7.89. The van der Waals surface area contributed by atoms with Gasteiger partial charge in [-0.25, -0.2) is 8.42 Å². The summed E-state index contributed by atoms with van der Waals surface area (Å²) in [6.07, 6.45) is 1.74. The molecule has 1 saturated heterocycles. The van der Waals surface area contributed by atoms with Gasteiger partial charge in [-0.2, -0.15) is 4.31 Å². The molecule has 2 aromatic rings. The maximum atomic E-state index is 12.5. The van der Waals surface area contributed by atoms with Crippen molar-refractivity contribution in [3.05, 3.63) is 54.1 Å². The van der Waals surface area contributed by atoms with E-state index in [1.54, 1.807) is 24.3 Å². The average molecular weight is 387 g/mol. The van der Waals surface area contributed by atoms with Crippen LogP contribution in [0.1, 0.15) is 30.1 Å². The lowest BCUT2D eigenvalue weighted by Crippen LogP contribution is -2.27. The van der Waals surface area contributed by atoms with E-state index in [0.717, 1.165) is 12.8 Å². The first-order chi connectivity index (χ1) is 12.9. The van der Waals surface area contributed by atoms with Crippen LogP contribution in [0.25, 0.3) is 0 Å². The summed E-state index contributed by atoms with van der Waals surface area (Å²) in [6.45, 7) is 2.48. The lowest BCUT2D eigenvalue weighted by atomic mass is 10.2. The zero-order valence-electron chi connectivity index (χ0n) is 14.9. The molecule has 2 amide bonds. The molecule has 0 aromatic heterocycles. The summed E-state index contributed by atoms with van der Waals surface area (Å²) in [6, 6.07) is 12.7.